The van der Waals surface area contributed by atoms with Crippen LogP contribution in [0.15, 0.2) is 30.7 Å². The van der Waals surface area contributed by atoms with E-state index in [1.165, 1.54) is 30.2 Å². The van der Waals surface area contributed by atoms with Crippen LogP contribution in [0.5, 0.6) is 0 Å². The minimum atomic E-state index is 0.386. The maximum Gasteiger partial charge on any atom is 0.222 e. The Morgan fingerprint density at radius 2 is 2.00 bits per heavy atom. The first-order chi connectivity index (χ1) is 11.8. The molecule has 1 saturated carbocycles. The van der Waals surface area contributed by atoms with Crippen LogP contribution in [0.3, 0.4) is 0 Å². The summed E-state index contributed by atoms with van der Waals surface area (Å²) in [6.45, 7) is 1.87. The first kappa shape index (κ1) is 15.6. The van der Waals surface area contributed by atoms with Gasteiger partial charge >= 0.3 is 0 Å². The van der Waals surface area contributed by atoms with E-state index in [0.717, 1.165) is 44.3 Å². The van der Waals surface area contributed by atoms with Gasteiger partial charge in [0.15, 0.2) is 0 Å². The number of carbonyl (C=O) groups excluding carboxylic acids is 1. The molecule has 24 heavy (non-hydrogen) atoms. The highest BCUT2D eigenvalue weighted by atomic mass is 16.2. The van der Waals surface area contributed by atoms with Gasteiger partial charge in [-0.1, -0.05) is 0 Å². The summed E-state index contributed by atoms with van der Waals surface area (Å²) in [5, 5.41) is 1.17. The third-order valence-electron chi connectivity index (χ3n) is 5.50. The van der Waals surface area contributed by atoms with E-state index in [-0.39, 0.29) is 0 Å². The standard InChI is InChI=1S/C20H25N3O/c24-20(13-16-3-4-16)23-10-1-2-15(7-11-23)12-17-5-9-22-19-6-8-21-14-18(17)19/h5-6,8-9,14-16H,1-4,7,10-13H2/t15-/m0/s1. The molecule has 126 valence electrons. The predicted molar refractivity (Wildman–Crippen MR) is 94.5 cm³/mol. The van der Waals surface area contributed by atoms with Gasteiger partial charge in [-0.3, -0.25) is 14.8 Å². The minimum absolute atomic E-state index is 0.386. The number of amides is 1. The van der Waals surface area contributed by atoms with Gasteiger partial charge < -0.3 is 4.90 Å². The molecule has 0 N–H and O–H groups in total. The summed E-state index contributed by atoms with van der Waals surface area (Å²) in [4.78, 5) is 23.2. The lowest BCUT2D eigenvalue weighted by Crippen LogP contribution is -2.32. The third-order valence-corrected chi connectivity index (χ3v) is 5.50. The second kappa shape index (κ2) is 6.88. The molecule has 0 radical (unpaired) electrons. The van der Waals surface area contributed by atoms with Gasteiger partial charge in [0.1, 0.15) is 0 Å². The lowest BCUT2D eigenvalue weighted by molar-refractivity contribution is -0.131. The van der Waals surface area contributed by atoms with Gasteiger partial charge in [0.05, 0.1) is 5.52 Å². The van der Waals surface area contributed by atoms with Crippen molar-refractivity contribution in [1.82, 2.24) is 14.9 Å². The van der Waals surface area contributed by atoms with Gasteiger partial charge in [0.25, 0.3) is 0 Å². The summed E-state index contributed by atoms with van der Waals surface area (Å²) < 4.78 is 0. The van der Waals surface area contributed by atoms with Crippen molar-refractivity contribution in [2.45, 2.75) is 44.9 Å². The summed E-state index contributed by atoms with van der Waals surface area (Å²) >= 11 is 0. The molecule has 1 aliphatic heterocycles. The Labute approximate surface area is 143 Å². The van der Waals surface area contributed by atoms with Crippen LogP contribution in [0.4, 0.5) is 0 Å². The highest BCUT2D eigenvalue weighted by Crippen LogP contribution is 2.33. The molecule has 4 rings (SSSR count). The van der Waals surface area contributed by atoms with E-state index < -0.39 is 0 Å². The van der Waals surface area contributed by atoms with Crippen molar-refractivity contribution in [2.75, 3.05) is 13.1 Å². The number of nitrogens with zero attached hydrogens (tertiary/aromatic N) is 3. The van der Waals surface area contributed by atoms with Crippen molar-refractivity contribution in [2.24, 2.45) is 11.8 Å². The molecule has 2 aliphatic rings. The topological polar surface area (TPSA) is 46.1 Å². The fourth-order valence-electron chi connectivity index (χ4n) is 3.85. The first-order valence-corrected chi connectivity index (χ1v) is 9.25. The molecule has 1 saturated heterocycles. The molecule has 1 amide bonds. The first-order valence-electron chi connectivity index (χ1n) is 9.25. The zero-order valence-corrected chi connectivity index (χ0v) is 14.2. The molecule has 0 spiro atoms. The number of carbonyl (C=O) groups is 1. The molecule has 0 aromatic carbocycles. The predicted octanol–water partition coefficient (Wildman–Crippen LogP) is 3.60. The van der Waals surface area contributed by atoms with E-state index in [1.54, 1.807) is 6.20 Å². The smallest absolute Gasteiger partial charge is 0.222 e. The normalized spacial score (nSPS) is 21.7. The van der Waals surface area contributed by atoms with Crippen molar-refractivity contribution in [3.8, 4) is 0 Å². The second-order valence-corrected chi connectivity index (χ2v) is 7.39. The van der Waals surface area contributed by atoms with Gasteiger partial charge in [-0.15, -0.1) is 0 Å². The van der Waals surface area contributed by atoms with Crippen LogP contribution in [-0.2, 0) is 11.2 Å². The second-order valence-electron chi connectivity index (χ2n) is 7.39. The van der Waals surface area contributed by atoms with Gasteiger partial charge in [-0.25, -0.2) is 0 Å². The summed E-state index contributed by atoms with van der Waals surface area (Å²) in [6.07, 6.45) is 13.4. The van der Waals surface area contributed by atoms with Crippen LogP contribution in [0, 0.1) is 11.8 Å². The average Bonchev–Trinajstić information content (AvgIpc) is 3.42. The quantitative estimate of drug-likeness (QED) is 0.863. The molecule has 2 aromatic heterocycles. The minimum Gasteiger partial charge on any atom is -0.343 e. The Morgan fingerprint density at radius 3 is 2.88 bits per heavy atom. The van der Waals surface area contributed by atoms with E-state index in [0.29, 0.717) is 17.7 Å². The molecule has 0 unspecified atom stereocenters. The number of rotatable bonds is 4. The molecule has 4 heteroatoms. The summed E-state index contributed by atoms with van der Waals surface area (Å²) in [5.41, 5.74) is 2.37. The van der Waals surface area contributed by atoms with Gasteiger partial charge in [-0.2, -0.15) is 0 Å². The Morgan fingerprint density at radius 1 is 1.08 bits per heavy atom. The lowest BCUT2D eigenvalue weighted by atomic mass is 9.92. The van der Waals surface area contributed by atoms with Crippen molar-refractivity contribution >= 4 is 16.8 Å². The largest absolute Gasteiger partial charge is 0.343 e. The third kappa shape index (κ3) is 3.58. The Balaban J connectivity index is 1.40. The monoisotopic (exact) mass is 323 g/mol. The van der Waals surface area contributed by atoms with Crippen LogP contribution in [0.2, 0.25) is 0 Å². The van der Waals surface area contributed by atoms with Crippen molar-refractivity contribution < 1.29 is 4.79 Å². The Hall–Kier alpha value is -1.97. The van der Waals surface area contributed by atoms with E-state index in [2.05, 4.69) is 20.9 Å². The molecule has 3 heterocycles. The highest BCUT2D eigenvalue weighted by Gasteiger charge is 2.28. The Bertz CT molecular complexity index is 720. The molecule has 4 nitrogen and oxygen atoms in total. The van der Waals surface area contributed by atoms with E-state index in [1.807, 2.05) is 18.5 Å². The maximum absolute atomic E-state index is 12.4. The van der Waals surface area contributed by atoms with Crippen molar-refractivity contribution in [3.63, 3.8) is 0 Å². The fourth-order valence-corrected chi connectivity index (χ4v) is 3.85. The molecule has 2 aromatic rings. The van der Waals surface area contributed by atoms with Crippen LogP contribution in [-0.4, -0.2) is 33.9 Å². The summed E-state index contributed by atoms with van der Waals surface area (Å²) in [7, 11) is 0. The molecule has 2 fully saturated rings. The lowest BCUT2D eigenvalue weighted by Gasteiger charge is -2.20. The number of pyridine rings is 2. The van der Waals surface area contributed by atoms with Crippen molar-refractivity contribution in [3.05, 3.63) is 36.3 Å². The fraction of sp³-hybridized carbons (Fsp3) is 0.550. The molecule has 0 bridgehead atoms. The number of fused-ring (bicyclic) bond motifs is 1. The number of hydrogen-bond acceptors (Lipinski definition) is 3. The zero-order chi connectivity index (χ0) is 16.4. The molecule has 1 atom stereocenters. The van der Waals surface area contributed by atoms with Gasteiger partial charge in [0, 0.05) is 43.5 Å². The maximum atomic E-state index is 12.4. The SMILES string of the molecule is O=C(CC1CC1)N1CCC[C@H](Cc2ccnc3ccncc23)CC1. The number of likely N-dealkylation sites (tertiary alicyclic amines) is 1. The van der Waals surface area contributed by atoms with E-state index >= 15 is 0 Å². The molecule has 1 aliphatic carbocycles. The number of hydrogen-bond donors (Lipinski definition) is 0. The van der Waals surface area contributed by atoms with Gasteiger partial charge in [-0.05, 0) is 68.1 Å². The molecular formula is C20H25N3O. The van der Waals surface area contributed by atoms with Crippen LogP contribution < -0.4 is 0 Å². The summed E-state index contributed by atoms with van der Waals surface area (Å²) in [6, 6.07) is 4.11. The van der Waals surface area contributed by atoms with Crippen molar-refractivity contribution in [1.29, 1.82) is 0 Å². The van der Waals surface area contributed by atoms with E-state index in [9.17, 15) is 4.79 Å². The van der Waals surface area contributed by atoms with Crippen LogP contribution in [0.25, 0.3) is 10.9 Å². The Kier molecular flexibility index (Phi) is 4.46. The van der Waals surface area contributed by atoms with Crippen LogP contribution in [0.1, 0.15) is 44.1 Å². The van der Waals surface area contributed by atoms with Gasteiger partial charge in [0.2, 0.25) is 5.91 Å². The average molecular weight is 323 g/mol. The zero-order valence-electron chi connectivity index (χ0n) is 14.2. The molecular weight excluding hydrogens is 298 g/mol. The highest BCUT2D eigenvalue weighted by molar-refractivity contribution is 5.80. The van der Waals surface area contributed by atoms with E-state index in [4.69, 9.17) is 0 Å². The van der Waals surface area contributed by atoms with Crippen LogP contribution >= 0.6 is 0 Å². The summed E-state index contributed by atoms with van der Waals surface area (Å²) in [5.74, 6) is 1.72. The number of aromatic nitrogens is 2.